The molecule has 17 heavy (non-hydrogen) atoms. The average Bonchev–Trinajstić information content (AvgIpc) is 2.29. The van der Waals surface area contributed by atoms with E-state index in [-0.39, 0.29) is 29.1 Å². The third kappa shape index (κ3) is 1.99. The van der Waals surface area contributed by atoms with E-state index in [1.54, 1.807) is 6.92 Å². The van der Waals surface area contributed by atoms with Gasteiger partial charge in [-0.15, -0.1) is 0 Å². The van der Waals surface area contributed by atoms with Crippen LogP contribution in [0.5, 0.6) is 5.75 Å². The summed E-state index contributed by atoms with van der Waals surface area (Å²) in [6.07, 6.45) is 0. The molecule has 0 aliphatic carbocycles. The lowest BCUT2D eigenvalue weighted by atomic mass is 10.2. The fourth-order valence-electron chi connectivity index (χ4n) is 1.49. The summed E-state index contributed by atoms with van der Waals surface area (Å²) in [7, 11) is 0. The van der Waals surface area contributed by atoms with Gasteiger partial charge in [-0.2, -0.15) is 0 Å². The number of hydrogen-bond donors (Lipinski definition) is 1. The highest BCUT2D eigenvalue weighted by Crippen LogP contribution is 2.21. The van der Waals surface area contributed by atoms with Crippen LogP contribution in [0.1, 0.15) is 17.5 Å². The highest BCUT2D eigenvalue weighted by molar-refractivity contribution is 5.90. The van der Waals surface area contributed by atoms with Crippen LogP contribution >= 0.6 is 0 Å². The van der Waals surface area contributed by atoms with Crippen molar-refractivity contribution in [1.29, 1.82) is 0 Å². The lowest BCUT2D eigenvalue weighted by Gasteiger charge is -2.03. The number of carbonyl (C=O) groups is 1. The second kappa shape index (κ2) is 4.29. The Hall–Kier alpha value is -2.30. The molecule has 0 saturated carbocycles. The summed E-state index contributed by atoms with van der Waals surface area (Å²) in [5.41, 5.74) is -0.326. The number of rotatable bonds is 2. The Bertz CT molecular complexity index is 626. The Balaban J connectivity index is 2.65. The summed E-state index contributed by atoms with van der Waals surface area (Å²) < 4.78 is 9.93. The van der Waals surface area contributed by atoms with Crippen molar-refractivity contribution in [2.24, 2.45) is 0 Å². The van der Waals surface area contributed by atoms with Gasteiger partial charge >= 0.3 is 5.97 Å². The van der Waals surface area contributed by atoms with E-state index < -0.39 is 11.4 Å². The molecule has 2 aromatic rings. The zero-order valence-corrected chi connectivity index (χ0v) is 9.10. The standard InChI is InChI=1S/C12H10O5/c1-2-16-12(15)10-6-8(14)11-7(13)4-3-5-9(11)17-10/h3-6,13H,2H2,1H3. The number of ether oxygens (including phenoxy) is 1. The first-order valence-electron chi connectivity index (χ1n) is 5.06. The van der Waals surface area contributed by atoms with E-state index in [1.165, 1.54) is 18.2 Å². The Morgan fingerprint density at radius 1 is 1.47 bits per heavy atom. The van der Waals surface area contributed by atoms with Crippen molar-refractivity contribution in [3.63, 3.8) is 0 Å². The molecule has 0 amide bonds. The molecule has 0 aliphatic rings. The van der Waals surface area contributed by atoms with Crippen molar-refractivity contribution >= 4 is 16.9 Å². The summed E-state index contributed by atoms with van der Waals surface area (Å²) in [5, 5.41) is 9.56. The van der Waals surface area contributed by atoms with Gasteiger partial charge in [0.1, 0.15) is 16.7 Å². The lowest BCUT2D eigenvalue weighted by molar-refractivity contribution is 0.0490. The summed E-state index contributed by atoms with van der Waals surface area (Å²) in [5.74, 6) is -1.04. The highest BCUT2D eigenvalue weighted by Gasteiger charge is 2.14. The van der Waals surface area contributed by atoms with Gasteiger partial charge in [0.2, 0.25) is 5.76 Å². The maximum atomic E-state index is 11.7. The number of benzene rings is 1. The van der Waals surface area contributed by atoms with Gasteiger partial charge in [0, 0.05) is 6.07 Å². The number of phenols is 1. The first kappa shape index (κ1) is 11.2. The van der Waals surface area contributed by atoms with E-state index in [0.717, 1.165) is 6.07 Å². The largest absolute Gasteiger partial charge is 0.507 e. The van der Waals surface area contributed by atoms with E-state index in [9.17, 15) is 14.7 Å². The second-order valence-corrected chi connectivity index (χ2v) is 3.35. The van der Waals surface area contributed by atoms with Crippen LogP contribution in [-0.2, 0) is 4.74 Å². The third-order valence-electron chi connectivity index (χ3n) is 2.21. The molecule has 0 unspecified atom stereocenters. The van der Waals surface area contributed by atoms with Gasteiger partial charge < -0.3 is 14.3 Å². The van der Waals surface area contributed by atoms with Crippen LogP contribution in [0.3, 0.4) is 0 Å². The molecule has 5 heteroatoms. The van der Waals surface area contributed by atoms with Crippen LogP contribution in [0.2, 0.25) is 0 Å². The van der Waals surface area contributed by atoms with E-state index in [1.807, 2.05) is 0 Å². The van der Waals surface area contributed by atoms with Crippen molar-refractivity contribution in [2.45, 2.75) is 6.92 Å². The summed E-state index contributed by atoms with van der Waals surface area (Å²) in [6, 6.07) is 5.41. The van der Waals surface area contributed by atoms with Gasteiger partial charge in [0.15, 0.2) is 5.43 Å². The van der Waals surface area contributed by atoms with Gasteiger partial charge in [-0.3, -0.25) is 4.79 Å². The van der Waals surface area contributed by atoms with Crippen LogP contribution in [0.25, 0.3) is 11.0 Å². The van der Waals surface area contributed by atoms with Gasteiger partial charge in [-0.05, 0) is 19.1 Å². The molecular weight excluding hydrogens is 224 g/mol. The number of fused-ring (bicyclic) bond motifs is 1. The molecule has 0 spiro atoms. The molecular formula is C12H10O5. The Labute approximate surface area is 96.2 Å². The fraction of sp³-hybridized carbons (Fsp3) is 0.167. The molecule has 0 aliphatic heterocycles. The maximum absolute atomic E-state index is 11.7. The van der Waals surface area contributed by atoms with Gasteiger partial charge in [0.05, 0.1) is 6.61 Å². The monoisotopic (exact) mass is 234 g/mol. The molecule has 2 rings (SSSR count). The first-order valence-corrected chi connectivity index (χ1v) is 5.06. The van der Waals surface area contributed by atoms with Crippen LogP contribution in [0.4, 0.5) is 0 Å². The summed E-state index contributed by atoms with van der Waals surface area (Å²) >= 11 is 0. The number of carbonyl (C=O) groups excluding carboxylic acids is 1. The van der Waals surface area contributed by atoms with E-state index in [0.29, 0.717) is 0 Å². The maximum Gasteiger partial charge on any atom is 0.374 e. The van der Waals surface area contributed by atoms with Crippen molar-refractivity contribution in [3.8, 4) is 5.75 Å². The van der Waals surface area contributed by atoms with E-state index in [4.69, 9.17) is 9.15 Å². The predicted octanol–water partition coefficient (Wildman–Crippen LogP) is 1.68. The minimum atomic E-state index is -0.699. The predicted molar refractivity (Wildman–Crippen MR) is 60.1 cm³/mol. The zero-order chi connectivity index (χ0) is 12.4. The molecule has 88 valence electrons. The second-order valence-electron chi connectivity index (χ2n) is 3.35. The molecule has 1 heterocycles. The van der Waals surface area contributed by atoms with Crippen LogP contribution in [-0.4, -0.2) is 17.7 Å². The number of esters is 1. The zero-order valence-electron chi connectivity index (χ0n) is 9.10. The van der Waals surface area contributed by atoms with Crippen molar-refractivity contribution in [1.82, 2.24) is 0 Å². The quantitative estimate of drug-likeness (QED) is 0.800. The lowest BCUT2D eigenvalue weighted by Crippen LogP contribution is -2.10. The molecule has 0 radical (unpaired) electrons. The summed E-state index contributed by atoms with van der Waals surface area (Å²) in [6.45, 7) is 1.85. The van der Waals surface area contributed by atoms with E-state index in [2.05, 4.69) is 0 Å². The molecule has 0 saturated heterocycles. The fourth-order valence-corrected chi connectivity index (χ4v) is 1.49. The number of aromatic hydroxyl groups is 1. The molecule has 0 fully saturated rings. The van der Waals surface area contributed by atoms with Crippen LogP contribution in [0.15, 0.2) is 33.5 Å². The van der Waals surface area contributed by atoms with Crippen LogP contribution < -0.4 is 5.43 Å². The summed E-state index contributed by atoms with van der Waals surface area (Å²) in [4.78, 5) is 23.1. The molecule has 1 aromatic carbocycles. The Morgan fingerprint density at radius 2 is 2.24 bits per heavy atom. The molecule has 0 atom stereocenters. The molecule has 5 nitrogen and oxygen atoms in total. The minimum absolute atomic E-state index is 0.0561. The normalized spacial score (nSPS) is 10.4. The molecule has 1 N–H and O–H groups in total. The van der Waals surface area contributed by atoms with E-state index >= 15 is 0 Å². The highest BCUT2D eigenvalue weighted by atomic mass is 16.5. The first-order chi connectivity index (χ1) is 8.13. The average molecular weight is 234 g/mol. The van der Waals surface area contributed by atoms with Gasteiger partial charge in [-0.1, -0.05) is 6.07 Å². The number of phenolic OH excluding ortho intramolecular Hbond substituents is 1. The Kier molecular flexibility index (Phi) is 2.82. The smallest absolute Gasteiger partial charge is 0.374 e. The van der Waals surface area contributed by atoms with Crippen molar-refractivity contribution in [3.05, 3.63) is 40.2 Å². The van der Waals surface area contributed by atoms with Gasteiger partial charge in [-0.25, -0.2) is 4.79 Å². The Morgan fingerprint density at radius 3 is 2.94 bits per heavy atom. The van der Waals surface area contributed by atoms with Crippen molar-refractivity contribution in [2.75, 3.05) is 6.61 Å². The van der Waals surface area contributed by atoms with Crippen LogP contribution in [0, 0.1) is 0 Å². The minimum Gasteiger partial charge on any atom is -0.507 e. The van der Waals surface area contributed by atoms with Crippen molar-refractivity contribution < 1.29 is 19.1 Å². The molecule has 1 aromatic heterocycles. The molecule has 0 bridgehead atoms. The number of hydrogen-bond acceptors (Lipinski definition) is 5. The SMILES string of the molecule is CCOC(=O)c1cc(=O)c2c(O)cccc2o1. The third-order valence-corrected chi connectivity index (χ3v) is 2.21. The topological polar surface area (TPSA) is 76.7 Å². The van der Waals surface area contributed by atoms with Gasteiger partial charge in [0.25, 0.3) is 0 Å².